The van der Waals surface area contributed by atoms with Gasteiger partial charge in [0.2, 0.25) is 0 Å². The van der Waals surface area contributed by atoms with E-state index >= 15 is 0 Å². The van der Waals surface area contributed by atoms with Gasteiger partial charge in [-0.05, 0) is 24.3 Å². The molecule has 1 aliphatic heterocycles. The predicted octanol–water partition coefficient (Wildman–Crippen LogP) is 2.25. The van der Waals surface area contributed by atoms with E-state index in [1.165, 1.54) is 4.88 Å². The molecule has 1 aromatic heterocycles. The third-order valence-electron chi connectivity index (χ3n) is 3.03. The zero-order valence-electron chi connectivity index (χ0n) is 9.76. The lowest BCUT2D eigenvalue weighted by Crippen LogP contribution is -2.42. The van der Waals surface area contributed by atoms with Gasteiger partial charge in [-0.3, -0.25) is 4.90 Å². The number of likely N-dealkylation sites (tertiary alicyclic amines) is 1. The van der Waals surface area contributed by atoms with E-state index in [-0.39, 0.29) is 12.4 Å². The van der Waals surface area contributed by atoms with Crippen molar-refractivity contribution in [1.82, 2.24) is 10.2 Å². The molecule has 17 heavy (non-hydrogen) atoms. The van der Waals surface area contributed by atoms with E-state index in [9.17, 15) is 0 Å². The fraction of sp³-hybridized carbons (Fsp3) is 0.583. The molecular weight excluding hydrogens is 254 g/mol. The van der Waals surface area contributed by atoms with E-state index in [0.717, 1.165) is 32.5 Å². The average molecular weight is 272 g/mol. The van der Waals surface area contributed by atoms with Crippen molar-refractivity contribution in [3.63, 3.8) is 0 Å². The van der Waals surface area contributed by atoms with E-state index in [4.69, 9.17) is 5.26 Å². The quantitative estimate of drug-likeness (QED) is 0.854. The van der Waals surface area contributed by atoms with Crippen molar-refractivity contribution in [1.29, 1.82) is 5.26 Å². The Morgan fingerprint density at radius 2 is 2.24 bits per heavy atom. The van der Waals surface area contributed by atoms with Crippen LogP contribution in [0.2, 0.25) is 0 Å². The monoisotopic (exact) mass is 271 g/mol. The Kier molecular flexibility index (Phi) is 6.53. The number of nitrogens with zero attached hydrogens (tertiary/aromatic N) is 2. The molecule has 1 aliphatic rings. The fourth-order valence-corrected chi connectivity index (χ4v) is 2.71. The Morgan fingerprint density at radius 1 is 1.47 bits per heavy atom. The summed E-state index contributed by atoms with van der Waals surface area (Å²) in [5.74, 6) is 0. The molecule has 0 radical (unpaired) electrons. The van der Waals surface area contributed by atoms with Crippen LogP contribution in [-0.4, -0.2) is 30.6 Å². The van der Waals surface area contributed by atoms with Gasteiger partial charge in [0.25, 0.3) is 0 Å². The van der Waals surface area contributed by atoms with Crippen molar-refractivity contribution in [2.75, 3.05) is 19.6 Å². The molecule has 2 rings (SSSR count). The summed E-state index contributed by atoms with van der Waals surface area (Å²) in [6.45, 7) is 3.67. The van der Waals surface area contributed by atoms with Gasteiger partial charge in [0, 0.05) is 30.6 Å². The van der Waals surface area contributed by atoms with Gasteiger partial charge in [0.1, 0.15) is 0 Å². The molecule has 0 aliphatic carbocycles. The van der Waals surface area contributed by atoms with Gasteiger partial charge in [0.15, 0.2) is 0 Å². The van der Waals surface area contributed by atoms with Crippen molar-refractivity contribution < 1.29 is 0 Å². The summed E-state index contributed by atoms with van der Waals surface area (Å²) < 4.78 is 0. The number of halogens is 1. The first-order chi connectivity index (χ1) is 7.88. The van der Waals surface area contributed by atoms with E-state index in [1.807, 2.05) is 0 Å². The van der Waals surface area contributed by atoms with Crippen molar-refractivity contribution in [2.24, 2.45) is 0 Å². The second-order valence-corrected chi connectivity index (χ2v) is 5.20. The maximum Gasteiger partial charge on any atom is 0.0866 e. The van der Waals surface area contributed by atoms with Crippen LogP contribution in [-0.2, 0) is 6.54 Å². The number of hydrogen-bond acceptors (Lipinski definition) is 4. The van der Waals surface area contributed by atoms with E-state index in [0.29, 0.717) is 12.6 Å². The third kappa shape index (κ3) is 4.64. The minimum atomic E-state index is 0. The Labute approximate surface area is 113 Å². The molecule has 0 atom stereocenters. The van der Waals surface area contributed by atoms with Crippen molar-refractivity contribution in [3.05, 3.63) is 22.4 Å². The molecule has 5 heteroatoms. The van der Waals surface area contributed by atoms with E-state index in [2.05, 4.69) is 33.8 Å². The summed E-state index contributed by atoms with van der Waals surface area (Å²) in [6, 6.07) is 7.10. The maximum absolute atomic E-state index is 8.61. The largest absolute Gasteiger partial charge is 0.309 e. The average Bonchev–Trinajstić information content (AvgIpc) is 2.82. The molecule has 0 saturated carbocycles. The Balaban J connectivity index is 0.00000144. The Morgan fingerprint density at radius 3 is 2.82 bits per heavy atom. The van der Waals surface area contributed by atoms with Crippen LogP contribution < -0.4 is 5.32 Å². The van der Waals surface area contributed by atoms with E-state index in [1.54, 1.807) is 11.3 Å². The first-order valence-electron chi connectivity index (χ1n) is 5.73. The van der Waals surface area contributed by atoms with Gasteiger partial charge in [0.05, 0.1) is 12.6 Å². The van der Waals surface area contributed by atoms with Crippen molar-refractivity contribution >= 4 is 23.7 Å². The maximum atomic E-state index is 8.61. The van der Waals surface area contributed by atoms with Crippen LogP contribution in [0.1, 0.15) is 17.7 Å². The Hall–Kier alpha value is -0.600. The molecular formula is C12H18ClN3S. The number of thiophene rings is 1. The third-order valence-corrected chi connectivity index (χ3v) is 3.90. The van der Waals surface area contributed by atoms with Crippen LogP contribution in [0, 0.1) is 11.3 Å². The second-order valence-electron chi connectivity index (χ2n) is 4.17. The minimum Gasteiger partial charge on any atom is -0.309 e. The number of nitriles is 1. The lowest BCUT2D eigenvalue weighted by Gasteiger charge is -2.30. The number of piperidine rings is 1. The molecule has 0 aromatic carbocycles. The van der Waals surface area contributed by atoms with Crippen LogP contribution in [0.15, 0.2) is 17.5 Å². The number of nitrogens with one attached hydrogen (secondary N) is 1. The summed E-state index contributed by atoms with van der Waals surface area (Å²) in [5.41, 5.74) is 0. The molecule has 1 saturated heterocycles. The summed E-state index contributed by atoms with van der Waals surface area (Å²) >= 11 is 1.80. The standard InChI is InChI=1S/C12H17N3S.ClH/c13-5-8-15-6-3-11(4-7-15)14-10-12-2-1-9-16-12;/h1-2,9,11,14H,3-4,6-8,10H2;1H. The highest BCUT2D eigenvalue weighted by Gasteiger charge is 2.17. The number of hydrogen-bond donors (Lipinski definition) is 1. The molecule has 3 nitrogen and oxygen atoms in total. The van der Waals surface area contributed by atoms with E-state index < -0.39 is 0 Å². The van der Waals surface area contributed by atoms with Gasteiger partial charge in [-0.2, -0.15) is 5.26 Å². The van der Waals surface area contributed by atoms with Gasteiger partial charge >= 0.3 is 0 Å². The van der Waals surface area contributed by atoms with Crippen LogP contribution in [0.25, 0.3) is 0 Å². The van der Waals surface area contributed by atoms with Gasteiger partial charge in [-0.15, -0.1) is 23.7 Å². The Bertz CT molecular complexity index is 339. The van der Waals surface area contributed by atoms with Gasteiger partial charge in [-0.25, -0.2) is 0 Å². The molecule has 0 unspecified atom stereocenters. The summed E-state index contributed by atoms with van der Waals surface area (Å²) in [7, 11) is 0. The van der Waals surface area contributed by atoms with Crippen LogP contribution in [0.5, 0.6) is 0 Å². The molecule has 94 valence electrons. The lowest BCUT2D eigenvalue weighted by atomic mass is 10.1. The number of rotatable bonds is 4. The highest BCUT2D eigenvalue weighted by molar-refractivity contribution is 7.09. The van der Waals surface area contributed by atoms with Crippen LogP contribution in [0.4, 0.5) is 0 Å². The normalized spacial score (nSPS) is 17.4. The zero-order valence-corrected chi connectivity index (χ0v) is 11.4. The molecule has 0 amide bonds. The fourth-order valence-electron chi connectivity index (χ4n) is 2.05. The first-order valence-corrected chi connectivity index (χ1v) is 6.61. The SMILES string of the molecule is Cl.N#CCN1CCC(NCc2cccs2)CC1. The first kappa shape index (κ1) is 14.5. The molecule has 1 N–H and O–H groups in total. The highest BCUT2D eigenvalue weighted by Crippen LogP contribution is 2.12. The topological polar surface area (TPSA) is 39.1 Å². The summed E-state index contributed by atoms with van der Waals surface area (Å²) in [6.07, 6.45) is 2.32. The molecule has 0 bridgehead atoms. The predicted molar refractivity (Wildman–Crippen MR) is 73.5 cm³/mol. The minimum absolute atomic E-state index is 0. The van der Waals surface area contributed by atoms with Crippen molar-refractivity contribution in [2.45, 2.75) is 25.4 Å². The highest BCUT2D eigenvalue weighted by atomic mass is 35.5. The summed E-state index contributed by atoms with van der Waals surface area (Å²) in [4.78, 5) is 3.63. The molecule has 0 spiro atoms. The van der Waals surface area contributed by atoms with Gasteiger partial charge < -0.3 is 5.32 Å². The zero-order chi connectivity index (χ0) is 11.2. The van der Waals surface area contributed by atoms with Gasteiger partial charge in [-0.1, -0.05) is 6.07 Å². The summed E-state index contributed by atoms with van der Waals surface area (Å²) in [5, 5.41) is 14.3. The second kappa shape index (κ2) is 7.67. The van der Waals surface area contributed by atoms with Crippen LogP contribution >= 0.6 is 23.7 Å². The molecule has 2 heterocycles. The smallest absolute Gasteiger partial charge is 0.0866 e. The lowest BCUT2D eigenvalue weighted by molar-refractivity contribution is 0.217. The molecule has 1 aromatic rings. The van der Waals surface area contributed by atoms with Crippen molar-refractivity contribution in [3.8, 4) is 6.07 Å². The van der Waals surface area contributed by atoms with Crippen LogP contribution in [0.3, 0.4) is 0 Å². The molecule has 1 fully saturated rings.